The number of hydrogen-bond acceptors (Lipinski definition) is 3. The van der Waals surface area contributed by atoms with E-state index < -0.39 is 6.04 Å². The monoisotopic (exact) mass is 368 g/mol. The number of anilines is 1. The van der Waals surface area contributed by atoms with Crippen LogP contribution in [-0.4, -0.2) is 25.0 Å². The Kier molecular flexibility index (Phi) is 6.99. The van der Waals surface area contributed by atoms with Crippen molar-refractivity contribution in [2.45, 2.75) is 40.2 Å². The summed E-state index contributed by atoms with van der Waals surface area (Å²) < 4.78 is 5.11. The molecule has 0 aromatic heterocycles. The molecule has 0 spiro atoms. The molecule has 2 N–H and O–H groups in total. The molecule has 2 rings (SSSR count). The summed E-state index contributed by atoms with van der Waals surface area (Å²) in [5.41, 5.74) is 3.40. The average molecular weight is 368 g/mol. The fourth-order valence-electron chi connectivity index (χ4n) is 2.90. The zero-order valence-electron chi connectivity index (χ0n) is 16.6. The number of ether oxygens (including phenoxy) is 1. The van der Waals surface area contributed by atoms with Crippen LogP contribution in [0.15, 0.2) is 42.5 Å². The lowest BCUT2D eigenvalue weighted by Crippen LogP contribution is -2.47. The molecule has 0 radical (unpaired) electrons. The van der Waals surface area contributed by atoms with Gasteiger partial charge in [0, 0.05) is 11.3 Å². The molecule has 5 heteroatoms. The Hall–Kier alpha value is -2.82. The van der Waals surface area contributed by atoms with Crippen molar-refractivity contribution >= 4 is 17.5 Å². The number of methoxy groups -OCH3 is 1. The maximum atomic E-state index is 12.9. The molecule has 2 aromatic carbocycles. The largest absolute Gasteiger partial charge is 0.497 e. The fraction of sp³-hybridized carbons (Fsp3) is 0.364. The Morgan fingerprint density at radius 3 is 2.30 bits per heavy atom. The summed E-state index contributed by atoms with van der Waals surface area (Å²) in [4.78, 5) is 25.5. The molecule has 0 saturated heterocycles. The minimum atomic E-state index is -0.635. The summed E-state index contributed by atoms with van der Waals surface area (Å²) in [5, 5.41) is 5.87. The molecule has 0 bridgehead atoms. The summed E-state index contributed by atoms with van der Waals surface area (Å²) in [6, 6.07) is 12.1. The summed E-state index contributed by atoms with van der Waals surface area (Å²) in [7, 11) is 1.57. The second-order valence-electron chi connectivity index (χ2n) is 6.88. The van der Waals surface area contributed by atoms with E-state index in [4.69, 9.17) is 4.74 Å². The van der Waals surface area contributed by atoms with Crippen molar-refractivity contribution in [3.63, 3.8) is 0 Å². The minimum absolute atomic E-state index is 0.0544. The lowest BCUT2D eigenvalue weighted by molar-refractivity contribution is -0.118. The van der Waals surface area contributed by atoms with Gasteiger partial charge < -0.3 is 15.4 Å². The van der Waals surface area contributed by atoms with Crippen molar-refractivity contribution in [1.29, 1.82) is 0 Å². The maximum Gasteiger partial charge on any atom is 0.251 e. The summed E-state index contributed by atoms with van der Waals surface area (Å²) in [5.74, 6) is 0.125. The number of rotatable bonds is 7. The van der Waals surface area contributed by atoms with Gasteiger partial charge in [-0.2, -0.15) is 0 Å². The first-order valence-corrected chi connectivity index (χ1v) is 9.21. The van der Waals surface area contributed by atoms with E-state index in [9.17, 15) is 9.59 Å². The zero-order chi connectivity index (χ0) is 20.0. The highest BCUT2D eigenvalue weighted by Crippen LogP contribution is 2.22. The molecule has 2 aromatic rings. The van der Waals surface area contributed by atoms with Crippen molar-refractivity contribution in [1.82, 2.24) is 5.32 Å². The van der Waals surface area contributed by atoms with Gasteiger partial charge >= 0.3 is 0 Å². The van der Waals surface area contributed by atoms with Gasteiger partial charge in [-0.15, -0.1) is 0 Å². The number of amides is 2. The van der Waals surface area contributed by atoms with Gasteiger partial charge in [-0.3, -0.25) is 9.59 Å². The molecule has 27 heavy (non-hydrogen) atoms. The molecule has 0 unspecified atom stereocenters. The third kappa shape index (κ3) is 5.09. The number of para-hydroxylation sites is 1. The van der Waals surface area contributed by atoms with Crippen molar-refractivity contribution in [2.24, 2.45) is 5.92 Å². The first-order chi connectivity index (χ1) is 12.9. The first kappa shape index (κ1) is 20.5. The maximum absolute atomic E-state index is 12.9. The molecule has 0 heterocycles. The van der Waals surface area contributed by atoms with Crippen molar-refractivity contribution in [2.75, 3.05) is 12.4 Å². The smallest absolute Gasteiger partial charge is 0.251 e. The van der Waals surface area contributed by atoms with Crippen molar-refractivity contribution in [3.8, 4) is 5.75 Å². The number of nitrogens with one attached hydrogen (secondary N) is 2. The van der Waals surface area contributed by atoms with Crippen LogP contribution in [0.25, 0.3) is 0 Å². The van der Waals surface area contributed by atoms with Crippen LogP contribution in [0.5, 0.6) is 5.75 Å². The van der Waals surface area contributed by atoms with E-state index in [-0.39, 0.29) is 17.7 Å². The van der Waals surface area contributed by atoms with Gasteiger partial charge in [0.15, 0.2) is 0 Å². The Morgan fingerprint density at radius 2 is 1.74 bits per heavy atom. The van der Waals surface area contributed by atoms with Crippen LogP contribution in [0.3, 0.4) is 0 Å². The second-order valence-corrected chi connectivity index (χ2v) is 6.88. The molecule has 2 amide bonds. The van der Waals surface area contributed by atoms with Gasteiger partial charge in [-0.25, -0.2) is 0 Å². The van der Waals surface area contributed by atoms with Crippen molar-refractivity contribution in [3.05, 3.63) is 59.2 Å². The van der Waals surface area contributed by atoms with Gasteiger partial charge in [0.1, 0.15) is 11.8 Å². The molecule has 0 aliphatic heterocycles. The Morgan fingerprint density at radius 1 is 1.07 bits per heavy atom. The van der Waals surface area contributed by atoms with Crippen LogP contribution in [0.1, 0.15) is 42.3 Å². The highest BCUT2D eigenvalue weighted by molar-refractivity contribution is 6.01. The quantitative estimate of drug-likeness (QED) is 0.777. The predicted octanol–water partition coefficient (Wildman–Crippen LogP) is 3.96. The SMILES string of the molecule is CCc1cccc(C)c1NC(=O)[C@@H](NC(=O)c1ccc(OC)cc1)C(C)C. The van der Waals surface area contributed by atoms with Crippen LogP contribution >= 0.6 is 0 Å². The van der Waals surface area contributed by atoms with Crippen molar-refractivity contribution < 1.29 is 14.3 Å². The summed E-state index contributed by atoms with van der Waals surface area (Å²) in [6.07, 6.45) is 0.821. The van der Waals surface area contributed by atoms with E-state index >= 15 is 0 Å². The van der Waals surface area contributed by atoms with Crippen LogP contribution in [-0.2, 0) is 11.2 Å². The van der Waals surface area contributed by atoms with Crippen LogP contribution in [0, 0.1) is 12.8 Å². The minimum Gasteiger partial charge on any atom is -0.497 e. The molecule has 0 aliphatic rings. The average Bonchev–Trinajstić information content (AvgIpc) is 2.67. The zero-order valence-corrected chi connectivity index (χ0v) is 16.6. The predicted molar refractivity (Wildman–Crippen MR) is 108 cm³/mol. The second kappa shape index (κ2) is 9.21. The van der Waals surface area contributed by atoms with E-state index in [2.05, 4.69) is 17.6 Å². The molecule has 1 atom stereocenters. The number of aryl methyl sites for hydroxylation is 2. The summed E-state index contributed by atoms with van der Waals surface area (Å²) in [6.45, 7) is 7.85. The topological polar surface area (TPSA) is 67.4 Å². The third-order valence-corrected chi connectivity index (χ3v) is 4.58. The molecule has 0 saturated carbocycles. The van der Waals surface area contributed by atoms with E-state index in [1.807, 2.05) is 39.0 Å². The third-order valence-electron chi connectivity index (χ3n) is 4.58. The fourth-order valence-corrected chi connectivity index (χ4v) is 2.90. The van der Waals surface area contributed by atoms with E-state index in [1.54, 1.807) is 31.4 Å². The Labute approximate surface area is 161 Å². The highest BCUT2D eigenvalue weighted by Gasteiger charge is 2.25. The van der Waals surface area contributed by atoms with E-state index in [0.29, 0.717) is 11.3 Å². The first-order valence-electron chi connectivity index (χ1n) is 9.21. The van der Waals surface area contributed by atoms with Gasteiger partial charge in [-0.1, -0.05) is 39.0 Å². The van der Waals surface area contributed by atoms with E-state index in [0.717, 1.165) is 23.2 Å². The lowest BCUT2D eigenvalue weighted by atomic mass is 10.0. The van der Waals surface area contributed by atoms with Crippen LogP contribution in [0.4, 0.5) is 5.69 Å². The molecule has 144 valence electrons. The molecule has 5 nitrogen and oxygen atoms in total. The number of carbonyl (C=O) groups is 2. The summed E-state index contributed by atoms with van der Waals surface area (Å²) >= 11 is 0. The van der Waals surface area contributed by atoms with Gasteiger partial charge in [-0.05, 0) is 54.7 Å². The van der Waals surface area contributed by atoms with Gasteiger partial charge in [0.2, 0.25) is 5.91 Å². The molecule has 0 fully saturated rings. The Bertz CT molecular complexity index is 798. The molecular weight excluding hydrogens is 340 g/mol. The van der Waals surface area contributed by atoms with Gasteiger partial charge in [0.25, 0.3) is 5.91 Å². The lowest BCUT2D eigenvalue weighted by Gasteiger charge is -2.23. The number of hydrogen-bond donors (Lipinski definition) is 2. The van der Waals surface area contributed by atoms with Crippen LogP contribution in [0.2, 0.25) is 0 Å². The van der Waals surface area contributed by atoms with E-state index in [1.165, 1.54) is 0 Å². The Balaban J connectivity index is 2.16. The number of carbonyl (C=O) groups excluding carboxylic acids is 2. The molecular formula is C22H28N2O3. The highest BCUT2D eigenvalue weighted by atomic mass is 16.5. The van der Waals surface area contributed by atoms with Gasteiger partial charge in [0.05, 0.1) is 7.11 Å². The normalized spacial score (nSPS) is 11.8. The van der Waals surface area contributed by atoms with Crippen LogP contribution < -0.4 is 15.4 Å². The standard InChI is InChI=1S/C22H28N2O3/c1-6-16-9-7-8-15(4)20(16)24-22(26)19(14(2)3)23-21(25)17-10-12-18(27-5)13-11-17/h7-14,19H,6H2,1-5H3,(H,23,25)(H,24,26)/t19-/m0/s1. The molecule has 0 aliphatic carbocycles. The number of benzene rings is 2.